The van der Waals surface area contributed by atoms with Crippen LogP contribution in [0.3, 0.4) is 0 Å². The van der Waals surface area contributed by atoms with Crippen molar-refractivity contribution >= 4 is 34.0 Å². The van der Waals surface area contributed by atoms with E-state index in [0.717, 1.165) is 23.1 Å². The van der Waals surface area contributed by atoms with Gasteiger partial charge in [-0.25, -0.2) is 0 Å². The number of anilines is 1. The average Bonchev–Trinajstić information content (AvgIpc) is 3.05. The number of nitrogens with zero attached hydrogens (tertiary/aromatic N) is 3. The van der Waals surface area contributed by atoms with Gasteiger partial charge in [-0.15, -0.1) is 11.3 Å². The van der Waals surface area contributed by atoms with Crippen molar-refractivity contribution in [2.75, 3.05) is 11.9 Å². The Kier molecular flexibility index (Phi) is 3.92. The van der Waals surface area contributed by atoms with E-state index in [4.69, 9.17) is 0 Å². The Morgan fingerprint density at radius 2 is 2.00 bits per heavy atom. The zero-order chi connectivity index (χ0) is 14.7. The number of aromatic nitrogens is 2. The van der Waals surface area contributed by atoms with Crippen molar-refractivity contribution in [1.82, 2.24) is 9.97 Å². The van der Waals surface area contributed by atoms with Crippen molar-refractivity contribution in [3.05, 3.63) is 53.0 Å². The molecule has 3 aromatic rings. The predicted molar refractivity (Wildman–Crippen MR) is 85.6 cm³/mol. The van der Waals surface area contributed by atoms with E-state index >= 15 is 0 Å². The first-order valence-electron chi connectivity index (χ1n) is 6.74. The van der Waals surface area contributed by atoms with Gasteiger partial charge in [0, 0.05) is 36.4 Å². The summed E-state index contributed by atoms with van der Waals surface area (Å²) in [6.07, 6.45) is 4.62. The summed E-state index contributed by atoms with van der Waals surface area (Å²) in [6.45, 7) is 0. The SMILES string of the molecule is CN(C(=O)CCc1cccs1)c1ccc2nccnc2c1. The largest absolute Gasteiger partial charge is 0.315 e. The number of carbonyl (C=O) groups excluding carboxylic acids is 1. The topological polar surface area (TPSA) is 46.1 Å². The Hall–Kier alpha value is -2.27. The summed E-state index contributed by atoms with van der Waals surface area (Å²) in [4.78, 5) is 23.7. The van der Waals surface area contributed by atoms with Gasteiger partial charge in [0.05, 0.1) is 11.0 Å². The number of hydrogen-bond acceptors (Lipinski definition) is 4. The van der Waals surface area contributed by atoms with Crippen molar-refractivity contribution in [3.8, 4) is 0 Å². The Morgan fingerprint density at radius 1 is 1.19 bits per heavy atom. The monoisotopic (exact) mass is 297 g/mol. The third kappa shape index (κ3) is 3.08. The minimum atomic E-state index is 0.103. The fourth-order valence-electron chi connectivity index (χ4n) is 2.16. The molecular weight excluding hydrogens is 282 g/mol. The minimum Gasteiger partial charge on any atom is -0.315 e. The number of carbonyl (C=O) groups is 1. The Labute approximate surface area is 127 Å². The fourth-order valence-corrected chi connectivity index (χ4v) is 2.87. The van der Waals surface area contributed by atoms with Crippen molar-refractivity contribution in [3.63, 3.8) is 0 Å². The van der Waals surface area contributed by atoms with Crippen LogP contribution >= 0.6 is 11.3 Å². The van der Waals surface area contributed by atoms with Gasteiger partial charge < -0.3 is 4.90 Å². The molecule has 0 saturated carbocycles. The van der Waals surface area contributed by atoms with Crippen LogP contribution in [0.5, 0.6) is 0 Å². The molecule has 1 amide bonds. The summed E-state index contributed by atoms with van der Waals surface area (Å²) < 4.78 is 0. The van der Waals surface area contributed by atoms with Crippen molar-refractivity contribution in [2.45, 2.75) is 12.8 Å². The van der Waals surface area contributed by atoms with Crippen LogP contribution in [0.25, 0.3) is 11.0 Å². The van der Waals surface area contributed by atoms with E-state index < -0.39 is 0 Å². The van der Waals surface area contributed by atoms with E-state index in [-0.39, 0.29) is 5.91 Å². The number of fused-ring (bicyclic) bond motifs is 1. The van der Waals surface area contributed by atoms with E-state index in [9.17, 15) is 4.79 Å². The van der Waals surface area contributed by atoms with E-state index in [2.05, 4.69) is 16.0 Å². The summed E-state index contributed by atoms with van der Waals surface area (Å²) in [5, 5.41) is 2.03. The smallest absolute Gasteiger partial charge is 0.227 e. The summed E-state index contributed by atoms with van der Waals surface area (Å²) in [7, 11) is 1.80. The maximum Gasteiger partial charge on any atom is 0.227 e. The van der Waals surface area contributed by atoms with E-state index in [1.54, 1.807) is 35.7 Å². The number of amides is 1. The molecule has 0 aliphatic carbocycles. The lowest BCUT2D eigenvalue weighted by molar-refractivity contribution is -0.118. The van der Waals surface area contributed by atoms with Crippen LogP contribution in [0.2, 0.25) is 0 Å². The molecule has 21 heavy (non-hydrogen) atoms. The van der Waals surface area contributed by atoms with Crippen LogP contribution in [0.1, 0.15) is 11.3 Å². The second kappa shape index (κ2) is 6.01. The van der Waals surface area contributed by atoms with Gasteiger partial charge in [-0.3, -0.25) is 14.8 Å². The van der Waals surface area contributed by atoms with Gasteiger partial charge >= 0.3 is 0 Å². The molecule has 2 aromatic heterocycles. The van der Waals surface area contributed by atoms with Crippen LogP contribution in [0, 0.1) is 0 Å². The van der Waals surface area contributed by atoms with Gasteiger partial charge in [0.1, 0.15) is 0 Å². The van der Waals surface area contributed by atoms with Gasteiger partial charge in [0.15, 0.2) is 0 Å². The van der Waals surface area contributed by atoms with Gasteiger partial charge in [0.25, 0.3) is 0 Å². The third-order valence-electron chi connectivity index (χ3n) is 3.38. The molecule has 2 heterocycles. The lowest BCUT2D eigenvalue weighted by atomic mass is 10.2. The van der Waals surface area contributed by atoms with Gasteiger partial charge in [-0.05, 0) is 36.1 Å². The van der Waals surface area contributed by atoms with Crippen LogP contribution < -0.4 is 4.90 Å². The van der Waals surface area contributed by atoms with Gasteiger partial charge in [-0.2, -0.15) is 0 Å². The number of rotatable bonds is 4. The highest BCUT2D eigenvalue weighted by atomic mass is 32.1. The molecule has 0 aliphatic rings. The molecule has 0 spiro atoms. The number of hydrogen-bond donors (Lipinski definition) is 0. The molecule has 1 aromatic carbocycles. The molecule has 0 bridgehead atoms. The van der Waals surface area contributed by atoms with Crippen LogP contribution in [0.4, 0.5) is 5.69 Å². The molecular formula is C16H15N3OS. The highest BCUT2D eigenvalue weighted by molar-refractivity contribution is 7.09. The van der Waals surface area contributed by atoms with Crippen molar-refractivity contribution in [2.24, 2.45) is 0 Å². The highest BCUT2D eigenvalue weighted by Gasteiger charge is 2.12. The zero-order valence-electron chi connectivity index (χ0n) is 11.7. The molecule has 0 atom stereocenters. The zero-order valence-corrected chi connectivity index (χ0v) is 12.5. The first-order chi connectivity index (χ1) is 10.2. The standard InChI is InChI=1S/C16H15N3OS/c1-19(16(20)7-5-13-3-2-10-21-13)12-4-6-14-15(11-12)18-9-8-17-14/h2-4,6,8-11H,5,7H2,1H3. The summed E-state index contributed by atoms with van der Waals surface area (Å²) >= 11 is 1.69. The normalized spacial score (nSPS) is 10.7. The first kappa shape index (κ1) is 13.7. The summed E-state index contributed by atoms with van der Waals surface area (Å²) in [6, 6.07) is 9.76. The number of benzene rings is 1. The Balaban J connectivity index is 1.73. The van der Waals surface area contributed by atoms with Crippen LogP contribution in [-0.4, -0.2) is 22.9 Å². The van der Waals surface area contributed by atoms with Crippen molar-refractivity contribution in [1.29, 1.82) is 0 Å². The fraction of sp³-hybridized carbons (Fsp3) is 0.188. The maximum atomic E-state index is 12.3. The Morgan fingerprint density at radius 3 is 2.76 bits per heavy atom. The molecule has 0 radical (unpaired) electrons. The maximum absolute atomic E-state index is 12.3. The lowest BCUT2D eigenvalue weighted by Gasteiger charge is -2.17. The van der Waals surface area contributed by atoms with E-state index in [1.807, 2.05) is 29.6 Å². The van der Waals surface area contributed by atoms with Crippen molar-refractivity contribution < 1.29 is 4.79 Å². The van der Waals surface area contributed by atoms with Crippen LogP contribution in [-0.2, 0) is 11.2 Å². The molecule has 0 aliphatic heterocycles. The quantitative estimate of drug-likeness (QED) is 0.742. The molecule has 5 heteroatoms. The first-order valence-corrected chi connectivity index (χ1v) is 7.62. The van der Waals surface area contributed by atoms with Crippen LogP contribution in [0.15, 0.2) is 48.1 Å². The van der Waals surface area contributed by atoms with Gasteiger partial charge in [-0.1, -0.05) is 6.07 Å². The third-order valence-corrected chi connectivity index (χ3v) is 4.32. The molecule has 3 rings (SSSR count). The molecule has 0 fully saturated rings. The summed E-state index contributed by atoms with van der Waals surface area (Å²) in [5.41, 5.74) is 2.48. The Bertz CT molecular complexity index is 755. The molecule has 0 N–H and O–H groups in total. The average molecular weight is 297 g/mol. The van der Waals surface area contributed by atoms with E-state index in [1.165, 1.54) is 4.88 Å². The molecule has 0 unspecified atom stereocenters. The molecule has 106 valence electrons. The lowest BCUT2D eigenvalue weighted by Crippen LogP contribution is -2.26. The van der Waals surface area contributed by atoms with Gasteiger partial charge in [0.2, 0.25) is 5.91 Å². The number of thiophene rings is 1. The van der Waals surface area contributed by atoms with E-state index in [0.29, 0.717) is 6.42 Å². The molecule has 4 nitrogen and oxygen atoms in total. The minimum absolute atomic E-state index is 0.103. The number of aryl methyl sites for hydroxylation is 1. The summed E-state index contributed by atoms with van der Waals surface area (Å²) in [5.74, 6) is 0.103. The molecule has 0 saturated heterocycles. The second-order valence-electron chi connectivity index (χ2n) is 4.76. The predicted octanol–water partition coefficient (Wildman–Crippen LogP) is 3.29. The second-order valence-corrected chi connectivity index (χ2v) is 5.79. The highest BCUT2D eigenvalue weighted by Crippen LogP contribution is 2.20.